The third-order valence-corrected chi connectivity index (χ3v) is 8.33. The second kappa shape index (κ2) is 10.8. The van der Waals surface area contributed by atoms with Crippen molar-refractivity contribution in [3.8, 4) is 5.75 Å². The van der Waals surface area contributed by atoms with Crippen molar-refractivity contribution in [3.05, 3.63) is 41.5 Å². The Labute approximate surface area is 206 Å². The van der Waals surface area contributed by atoms with Crippen molar-refractivity contribution in [2.45, 2.75) is 96.3 Å². The summed E-state index contributed by atoms with van der Waals surface area (Å²) in [5, 5.41) is 10.0. The van der Waals surface area contributed by atoms with E-state index in [1.165, 1.54) is 6.07 Å². The van der Waals surface area contributed by atoms with Crippen LogP contribution in [0.2, 0.25) is 0 Å². The maximum Gasteiger partial charge on any atom is 0.420 e. The van der Waals surface area contributed by atoms with Gasteiger partial charge in [0.05, 0.1) is 12.0 Å². The Kier molecular flexibility index (Phi) is 7.97. The Hall–Kier alpha value is -2.24. The molecule has 0 saturated heterocycles. The average molecular weight is 491 g/mol. The molecule has 0 amide bonds. The Morgan fingerprint density at radius 2 is 1.69 bits per heavy atom. The van der Waals surface area contributed by atoms with Crippen LogP contribution in [0.25, 0.3) is 10.8 Å². The monoisotopic (exact) mass is 490 g/mol. The number of aliphatic carboxylic acids is 1. The van der Waals surface area contributed by atoms with E-state index < -0.39 is 17.7 Å². The van der Waals surface area contributed by atoms with Crippen LogP contribution in [0.5, 0.6) is 5.75 Å². The standard InChI is InChI=1S/C29H37F3O3/c1-3-20(16-19-6-8-22(9-7-19)28(33)34)23-11-10-21-12-15-26(27(25(21)17-23)29(30,31)32)35-24-13-4-18(2)5-14-24/h10-12,15,17-20,22,24H,3-9,13-14,16H2,1-2H3,(H,33,34). The van der Waals surface area contributed by atoms with Crippen molar-refractivity contribution in [1.29, 1.82) is 0 Å². The highest BCUT2D eigenvalue weighted by molar-refractivity contribution is 5.89. The molecule has 2 aromatic carbocycles. The second-order valence-corrected chi connectivity index (χ2v) is 10.8. The van der Waals surface area contributed by atoms with Gasteiger partial charge in [0, 0.05) is 0 Å². The Morgan fingerprint density at radius 3 is 2.29 bits per heavy atom. The molecular formula is C29H37F3O3. The van der Waals surface area contributed by atoms with E-state index in [1.54, 1.807) is 18.2 Å². The van der Waals surface area contributed by atoms with Crippen LogP contribution in [0.1, 0.15) is 95.1 Å². The normalized spacial score (nSPS) is 26.4. The van der Waals surface area contributed by atoms with Gasteiger partial charge >= 0.3 is 12.1 Å². The minimum atomic E-state index is -4.51. The van der Waals surface area contributed by atoms with Gasteiger partial charge in [-0.15, -0.1) is 0 Å². The van der Waals surface area contributed by atoms with Crippen LogP contribution in [0, 0.1) is 17.8 Å². The van der Waals surface area contributed by atoms with Crippen LogP contribution in [-0.2, 0) is 11.0 Å². The first kappa shape index (κ1) is 25.8. The molecule has 0 aliphatic heterocycles. The van der Waals surface area contributed by atoms with E-state index in [0.29, 0.717) is 30.1 Å². The summed E-state index contributed by atoms with van der Waals surface area (Å²) >= 11 is 0. The number of halogens is 3. The fourth-order valence-electron chi connectivity index (χ4n) is 6.07. The number of alkyl halides is 3. The lowest BCUT2D eigenvalue weighted by Gasteiger charge is -2.30. The van der Waals surface area contributed by atoms with Crippen LogP contribution < -0.4 is 4.74 Å². The van der Waals surface area contributed by atoms with E-state index in [4.69, 9.17) is 4.74 Å². The summed E-state index contributed by atoms with van der Waals surface area (Å²) in [4.78, 5) is 11.3. The van der Waals surface area contributed by atoms with Gasteiger partial charge in [0.15, 0.2) is 0 Å². The van der Waals surface area contributed by atoms with Crippen molar-refractivity contribution in [2.24, 2.45) is 17.8 Å². The highest BCUT2D eigenvalue weighted by Crippen LogP contribution is 2.44. The molecule has 2 aliphatic carbocycles. The third kappa shape index (κ3) is 6.13. The van der Waals surface area contributed by atoms with Gasteiger partial charge in [-0.3, -0.25) is 4.79 Å². The van der Waals surface area contributed by atoms with Gasteiger partial charge in [-0.05, 0) is 104 Å². The van der Waals surface area contributed by atoms with Crippen molar-refractivity contribution in [3.63, 3.8) is 0 Å². The zero-order valence-corrected chi connectivity index (χ0v) is 20.7. The number of carbonyl (C=O) groups is 1. The summed E-state index contributed by atoms with van der Waals surface area (Å²) in [6.07, 6.45) is 3.70. The lowest BCUT2D eigenvalue weighted by Crippen LogP contribution is -2.24. The molecule has 35 heavy (non-hydrogen) atoms. The smallest absolute Gasteiger partial charge is 0.420 e. The number of carboxylic acid groups (broad SMARTS) is 1. The first-order valence-electron chi connectivity index (χ1n) is 13.2. The average Bonchev–Trinajstić information content (AvgIpc) is 2.83. The molecule has 4 rings (SSSR count). The lowest BCUT2D eigenvalue weighted by molar-refractivity contribution is -0.143. The van der Waals surface area contributed by atoms with Gasteiger partial charge in [-0.2, -0.15) is 13.2 Å². The van der Waals surface area contributed by atoms with E-state index in [-0.39, 0.29) is 29.1 Å². The molecule has 3 nitrogen and oxygen atoms in total. The molecule has 2 saturated carbocycles. The number of benzene rings is 2. The molecule has 2 aromatic rings. The molecule has 2 fully saturated rings. The molecule has 0 spiro atoms. The minimum absolute atomic E-state index is 0.0539. The summed E-state index contributed by atoms with van der Waals surface area (Å²) in [5.41, 5.74) is 0.266. The number of hydrogen-bond acceptors (Lipinski definition) is 2. The highest BCUT2D eigenvalue weighted by atomic mass is 19.4. The highest BCUT2D eigenvalue weighted by Gasteiger charge is 2.38. The predicted molar refractivity (Wildman–Crippen MR) is 132 cm³/mol. The fourth-order valence-corrected chi connectivity index (χ4v) is 6.07. The summed E-state index contributed by atoms with van der Waals surface area (Å²) in [6.45, 7) is 4.25. The molecule has 1 N–H and O–H groups in total. The topological polar surface area (TPSA) is 46.5 Å². The SMILES string of the molecule is CCC(CC1CCC(C(=O)O)CC1)c1ccc2ccc(OC3CCC(C)CC3)c(C(F)(F)F)c2c1. The Bertz CT molecular complexity index is 1020. The zero-order chi connectivity index (χ0) is 25.2. The van der Waals surface area contributed by atoms with Crippen molar-refractivity contribution < 1.29 is 27.8 Å². The fraction of sp³-hybridized carbons (Fsp3) is 0.621. The second-order valence-electron chi connectivity index (χ2n) is 10.8. The number of ether oxygens (including phenoxy) is 1. The van der Waals surface area contributed by atoms with E-state index in [1.807, 2.05) is 6.07 Å². The molecular weight excluding hydrogens is 453 g/mol. The molecule has 0 heterocycles. The first-order chi connectivity index (χ1) is 16.7. The van der Waals surface area contributed by atoms with Crippen molar-refractivity contribution in [2.75, 3.05) is 0 Å². The maximum absolute atomic E-state index is 14.4. The van der Waals surface area contributed by atoms with Crippen LogP contribution in [0.3, 0.4) is 0 Å². The predicted octanol–water partition coefficient (Wildman–Crippen LogP) is 8.59. The number of rotatable bonds is 7. The zero-order valence-electron chi connectivity index (χ0n) is 20.7. The third-order valence-electron chi connectivity index (χ3n) is 8.33. The van der Waals surface area contributed by atoms with Crippen LogP contribution in [-0.4, -0.2) is 17.2 Å². The maximum atomic E-state index is 14.4. The van der Waals surface area contributed by atoms with Gasteiger partial charge in [0.2, 0.25) is 0 Å². The van der Waals surface area contributed by atoms with Crippen LogP contribution in [0.15, 0.2) is 30.3 Å². The van der Waals surface area contributed by atoms with E-state index >= 15 is 0 Å². The molecule has 1 unspecified atom stereocenters. The quantitative estimate of drug-likeness (QED) is 0.423. The number of carboxylic acids is 1. The molecule has 2 aliphatic rings. The summed E-state index contributed by atoms with van der Waals surface area (Å²) < 4.78 is 49.0. The molecule has 192 valence electrons. The van der Waals surface area contributed by atoms with Gasteiger partial charge in [-0.25, -0.2) is 0 Å². The number of fused-ring (bicyclic) bond motifs is 1. The molecule has 0 bridgehead atoms. The van der Waals surface area contributed by atoms with Gasteiger partial charge < -0.3 is 9.84 Å². The van der Waals surface area contributed by atoms with Crippen molar-refractivity contribution >= 4 is 16.7 Å². The van der Waals surface area contributed by atoms with Gasteiger partial charge in [0.25, 0.3) is 0 Å². The van der Waals surface area contributed by atoms with E-state index in [2.05, 4.69) is 13.8 Å². The van der Waals surface area contributed by atoms with Gasteiger partial charge in [-0.1, -0.05) is 38.1 Å². The minimum Gasteiger partial charge on any atom is -0.490 e. The molecule has 0 aromatic heterocycles. The summed E-state index contributed by atoms with van der Waals surface area (Å²) in [6, 6.07) is 8.72. The van der Waals surface area contributed by atoms with E-state index in [0.717, 1.165) is 56.9 Å². The largest absolute Gasteiger partial charge is 0.490 e. The molecule has 1 atom stereocenters. The number of hydrogen-bond donors (Lipinski definition) is 1. The molecule has 6 heteroatoms. The Balaban J connectivity index is 1.60. The Morgan fingerprint density at radius 1 is 1.03 bits per heavy atom. The van der Waals surface area contributed by atoms with Crippen LogP contribution in [0.4, 0.5) is 13.2 Å². The molecule has 0 radical (unpaired) electrons. The van der Waals surface area contributed by atoms with E-state index in [9.17, 15) is 23.1 Å². The van der Waals surface area contributed by atoms with Crippen molar-refractivity contribution in [1.82, 2.24) is 0 Å². The summed E-state index contributed by atoms with van der Waals surface area (Å²) in [5.74, 6) is 0.133. The lowest BCUT2D eigenvalue weighted by atomic mass is 9.76. The van der Waals surface area contributed by atoms with Crippen LogP contribution >= 0.6 is 0 Å². The first-order valence-corrected chi connectivity index (χ1v) is 13.2. The van der Waals surface area contributed by atoms with Gasteiger partial charge in [0.1, 0.15) is 11.3 Å². The summed E-state index contributed by atoms with van der Waals surface area (Å²) in [7, 11) is 0.